The Kier molecular flexibility index (Phi) is 7.67. The summed E-state index contributed by atoms with van der Waals surface area (Å²) in [6, 6.07) is 6.27. The van der Waals surface area contributed by atoms with E-state index in [1.807, 2.05) is 4.90 Å². The van der Waals surface area contributed by atoms with Crippen molar-refractivity contribution in [3.63, 3.8) is 0 Å². The average molecular weight is 480 g/mol. The van der Waals surface area contributed by atoms with Crippen molar-refractivity contribution in [2.24, 2.45) is 5.73 Å². The molecule has 0 saturated carbocycles. The molecule has 0 aromatic heterocycles. The number of ether oxygens (including phenoxy) is 2. The summed E-state index contributed by atoms with van der Waals surface area (Å²) >= 11 is 0. The zero-order valence-electron chi connectivity index (χ0n) is 17.6. The van der Waals surface area contributed by atoms with Crippen LogP contribution in [0.2, 0.25) is 0 Å². The van der Waals surface area contributed by atoms with Gasteiger partial charge in [0.05, 0.1) is 29.9 Å². The zero-order valence-corrected chi connectivity index (χ0v) is 17.6. The summed E-state index contributed by atoms with van der Waals surface area (Å²) in [5.41, 5.74) is 3.15. The van der Waals surface area contributed by atoms with Gasteiger partial charge in [0.2, 0.25) is 0 Å². The summed E-state index contributed by atoms with van der Waals surface area (Å²) in [5, 5.41) is 0. The van der Waals surface area contributed by atoms with Gasteiger partial charge in [-0.05, 0) is 48.4 Å². The number of nitrogens with two attached hydrogens (primary N) is 1. The maximum atomic E-state index is 13.4. The highest BCUT2D eigenvalue weighted by Gasteiger charge is 2.39. The van der Waals surface area contributed by atoms with E-state index in [0.29, 0.717) is 37.3 Å². The molecule has 1 saturated heterocycles. The Morgan fingerprint density at radius 1 is 1.03 bits per heavy atom. The largest absolute Gasteiger partial charge is 0.416 e. The number of hydrogen-bond acceptors (Lipinski definition) is 4. The molecule has 3 atom stereocenters. The second kappa shape index (κ2) is 9.96. The number of halogens is 7. The highest BCUT2D eigenvalue weighted by molar-refractivity contribution is 5.34. The molecule has 182 valence electrons. The first-order valence-electron chi connectivity index (χ1n) is 10.2. The van der Waals surface area contributed by atoms with Gasteiger partial charge in [-0.1, -0.05) is 12.1 Å². The summed E-state index contributed by atoms with van der Waals surface area (Å²) in [5.74, 6) is -0.463. The summed E-state index contributed by atoms with van der Waals surface area (Å²) in [6.07, 6.45) is -12.1. The van der Waals surface area contributed by atoms with Crippen LogP contribution in [0.4, 0.5) is 30.7 Å². The summed E-state index contributed by atoms with van der Waals surface area (Å²) in [7, 11) is 0. The van der Waals surface area contributed by atoms with Crippen molar-refractivity contribution in [1.82, 2.24) is 4.90 Å². The molecule has 0 aliphatic carbocycles. The number of benzene rings is 2. The van der Waals surface area contributed by atoms with E-state index in [1.54, 1.807) is 0 Å². The molecule has 2 N–H and O–H groups in total. The van der Waals surface area contributed by atoms with E-state index in [-0.39, 0.29) is 18.2 Å². The molecule has 1 aliphatic rings. The van der Waals surface area contributed by atoms with Crippen molar-refractivity contribution in [2.75, 3.05) is 26.2 Å². The van der Waals surface area contributed by atoms with Gasteiger partial charge in [0.1, 0.15) is 5.82 Å². The van der Waals surface area contributed by atoms with Gasteiger partial charge in [-0.15, -0.1) is 0 Å². The van der Waals surface area contributed by atoms with E-state index in [4.69, 9.17) is 15.2 Å². The van der Waals surface area contributed by atoms with Crippen molar-refractivity contribution >= 4 is 0 Å². The molecule has 0 spiro atoms. The van der Waals surface area contributed by atoms with Crippen LogP contribution < -0.4 is 5.73 Å². The fourth-order valence-corrected chi connectivity index (χ4v) is 3.74. The molecular formula is C22H23F7N2O2. The molecule has 2 aromatic rings. The van der Waals surface area contributed by atoms with E-state index in [1.165, 1.54) is 31.2 Å². The molecule has 1 heterocycles. The van der Waals surface area contributed by atoms with E-state index in [9.17, 15) is 30.7 Å². The van der Waals surface area contributed by atoms with Crippen LogP contribution in [0.15, 0.2) is 42.5 Å². The topological polar surface area (TPSA) is 47.7 Å². The minimum atomic E-state index is -4.97. The average Bonchev–Trinajstić information content (AvgIpc) is 2.73. The van der Waals surface area contributed by atoms with Crippen LogP contribution in [-0.4, -0.2) is 37.4 Å². The summed E-state index contributed by atoms with van der Waals surface area (Å²) in [6.45, 7) is 2.76. The summed E-state index contributed by atoms with van der Waals surface area (Å²) < 4.78 is 104. The van der Waals surface area contributed by atoms with Gasteiger partial charge in [0.25, 0.3) is 0 Å². The lowest BCUT2D eigenvalue weighted by Crippen LogP contribution is -2.48. The maximum Gasteiger partial charge on any atom is 0.416 e. The molecule has 0 radical (unpaired) electrons. The van der Waals surface area contributed by atoms with Gasteiger partial charge >= 0.3 is 12.4 Å². The predicted octanol–water partition coefficient (Wildman–Crippen LogP) is 5.30. The SMILES string of the molecule is C[C@@H](OC1OCCN(CCN)C1c1ccc(F)cc1)c1cc(C(F)(F)F)cc(C(F)(F)F)c1. The van der Waals surface area contributed by atoms with Crippen LogP contribution in [0.5, 0.6) is 0 Å². The molecule has 1 fully saturated rings. The lowest BCUT2D eigenvalue weighted by Gasteiger charge is -2.42. The zero-order chi connectivity index (χ0) is 24.4. The van der Waals surface area contributed by atoms with E-state index < -0.39 is 47.7 Å². The highest BCUT2D eigenvalue weighted by Crippen LogP contribution is 2.39. The molecule has 1 aliphatic heterocycles. The van der Waals surface area contributed by atoms with Crippen LogP contribution >= 0.6 is 0 Å². The predicted molar refractivity (Wildman–Crippen MR) is 105 cm³/mol. The number of morpholine rings is 1. The molecule has 11 heteroatoms. The fourth-order valence-electron chi connectivity index (χ4n) is 3.74. The number of rotatable bonds is 6. The minimum absolute atomic E-state index is 0.0671. The third-order valence-electron chi connectivity index (χ3n) is 5.36. The molecule has 2 unspecified atom stereocenters. The normalized spacial score (nSPS) is 21.2. The Hall–Kier alpha value is -2.21. The maximum absolute atomic E-state index is 13.4. The lowest BCUT2D eigenvalue weighted by molar-refractivity contribution is -0.229. The minimum Gasteiger partial charge on any atom is -0.349 e. The van der Waals surface area contributed by atoms with Crippen LogP contribution in [0.3, 0.4) is 0 Å². The van der Waals surface area contributed by atoms with Gasteiger partial charge in [0, 0.05) is 19.6 Å². The van der Waals surface area contributed by atoms with E-state index >= 15 is 0 Å². The van der Waals surface area contributed by atoms with Gasteiger partial charge < -0.3 is 15.2 Å². The highest BCUT2D eigenvalue weighted by atomic mass is 19.4. The van der Waals surface area contributed by atoms with Crippen molar-refractivity contribution in [3.8, 4) is 0 Å². The third kappa shape index (κ3) is 6.23. The molecule has 3 rings (SSSR count). The Bertz CT molecular complexity index is 898. The van der Waals surface area contributed by atoms with E-state index in [2.05, 4.69) is 0 Å². The first-order valence-corrected chi connectivity index (χ1v) is 10.2. The monoisotopic (exact) mass is 480 g/mol. The van der Waals surface area contributed by atoms with Crippen molar-refractivity contribution < 1.29 is 40.2 Å². The van der Waals surface area contributed by atoms with Gasteiger partial charge in [0.15, 0.2) is 6.29 Å². The number of alkyl halides is 6. The standard InChI is InChI=1S/C22H23F7N2O2/c1-13(15-10-16(21(24,25)26)12-17(11-15)22(27,28)29)33-20-19(14-2-4-18(23)5-3-14)31(7-6-30)8-9-32-20/h2-5,10-13,19-20H,6-9,30H2,1H3/t13-,19?,20?/m1/s1. The van der Waals surface area contributed by atoms with Crippen LogP contribution in [0.25, 0.3) is 0 Å². The van der Waals surface area contributed by atoms with Crippen molar-refractivity contribution in [2.45, 2.75) is 37.7 Å². The molecule has 33 heavy (non-hydrogen) atoms. The Labute approximate surface area is 186 Å². The Morgan fingerprint density at radius 2 is 1.61 bits per heavy atom. The second-order valence-electron chi connectivity index (χ2n) is 7.68. The van der Waals surface area contributed by atoms with Gasteiger partial charge in [-0.3, -0.25) is 4.90 Å². The first kappa shape index (κ1) is 25.4. The number of hydrogen-bond donors (Lipinski definition) is 1. The van der Waals surface area contributed by atoms with Crippen molar-refractivity contribution in [1.29, 1.82) is 0 Å². The number of nitrogens with zero attached hydrogens (tertiary/aromatic N) is 1. The molecule has 4 nitrogen and oxygen atoms in total. The smallest absolute Gasteiger partial charge is 0.349 e. The van der Waals surface area contributed by atoms with Crippen molar-refractivity contribution in [3.05, 3.63) is 70.5 Å². The van der Waals surface area contributed by atoms with Crippen LogP contribution in [-0.2, 0) is 21.8 Å². The summed E-state index contributed by atoms with van der Waals surface area (Å²) in [4.78, 5) is 1.92. The second-order valence-corrected chi connectivity index (χ2v) is 7.68. The molecule has 0 amide bonds. The Balaban J connectivity index is 1.93. The van der Waals surface area contributed by atoms with E-state index in [0.717, 1.165) is 0 Å². The van der Waals surface area contributed by atoms with Gasteiger partial charge in [-0.2, -0.15) is 26.3 Å². The lowest BCUT2D eigenvalue weighted by atomic mass is 10.0. The molecular weight excluding hydrogens is 457 g/mol. The fraction of sp³-hybridized carbons (Fsp3) is 0.455. The third-order valence-corrected chi connectivity index (χ3v) is 5.36. The quantitative estimate of drug-likeness (QED) is 0.571. The Morgan fingerprint density at radius 3 is 2.12 bits per heavy atom. The van der Waals surface area contributed by atoms with Crippen LogP contribution in [0, 0.1) is 5.82 Å². The first-order chi connectivity index (χ1) is 15.4. The molecule has 0 bridgehead atoms. The van der Waals surface area contributed by atoms with Crippen LogP contribution in [0.1, 0.15) is 41.3 Å². The molecule has 2 aromatic carbocycles. The van der Waals surface area contributed by atoms with Gasteiger partial charge in [-0.25, -0.2) is 4.39 Å².